The minimum Gasteiger partial charge on any atom is -0.487 e. The number of carbonyl (C=O) groups is 1. The van der Waals surface area contributed by atoms with Crippen LogP contribution < -0.4 is 15.8 Å². The molecule has 128 valence electrons. The lowest BCUT2D eigenvalue weighted by atomic mass is 9.97. The van der Waals surface area contributed by atoms with Gasteiger partial charge in [0.25, 0.3) is 0 Å². The zero-order chi connectivity index (χ0) is 17.2. The molecule has 0 unspecified atom stereocenters. The summed E-state index contributed by atoms with van der Waals surface area (Å²) in [5.41, 5.74) is 8.81. The predicted molar refractivity (Wildman–Crippen MR) is 99.8 cm³/mol. The third-order valence-corrected chi connectivity index (χ3v) is 3.95. The molecule has 0 bridgehead atoms. The Morgan fingerprint density at radius 2 is 2.25 bits per heavy atom. The maximum atomic E-state index is 11.9. The van der Waals surface area contributed by atoms with Crippen molar-refractivity contribution in [2.45, 2.75) is 32.1 Å². The van der Waals surface area contributed by atoms with Crippen LogP contribution >= 0.6 is 0 Å². The average molecular weight is 326 g/mol. The molecule has 0 saturated heterocycles. The third kappa shape index (κ3) is 5.95. The number of hydrogen-bond acceptors (Lipinski definition) is 3. The molecule has 3 N–H and O–H groups in total. The Kier molecular flexibility index (Phi) is 7.15. The van der Waals surface area contributed by atoms with Gasteiger partial charge in [-0.2, -0.15) is 0 Å². The highest BCUT2D eigenvalue weighted by Crippen LogP contribution is 2.23. The molecule has 0 atom stereocenters. The standard InChI is InChI=1S/C20H26N2O2/c1-2-14-24-19-10-8-17(15-18(19)21)9-11-20(23)22-13-12-16-6-4-3-5-7-16/h2,6,8-11,15H,1,3-5,7,12-14,21H2,(H,22,23)/b11-9-. The molecule has 0 aliphatic heterocycles. The van der Waals surface area contributed by atoms with E-state index in [4.69, 9.17) is 10.5 Å². The zero-order valence-corrected chi connectivity index (χ0v) is 14.1. The summed E-state index contributed by atoms with van der Waals surface area (Å²) in [6.07, 6.45) is 13.1. The number of nitrogens with one attached hydrogen (secondary N) is 1. The van der Waals surface area contributed by atoms with Gasteiger partial charge >= 0.3 is 0 Å². The molecule has 1 aromatic carbocycles. The Labute approximate surface area is 144 Å². The largest absolute Gasteiger partial charge is 0.487 e. The van der Waals surface area contributed by atoms with Gasteiger partial charge in [-0.3, -0.25) is 4.79 Å². The summed E-state index contributed by atoms with van der Waals surface area (Å²) < 4.78 is 5.43. The van der Waals surface area contributed by atoms with Crippen LogP contribution in [0.3, 0.4) is 0 Å². The topological polar surface area (TPSA) is 64.3 Å². The molecule has 1 aromatic rings. The number of carbonyl (C=O) groups excluding carboxylic acids is 1. The summed E-state index contributed by atoms with van der Waals surface area (Å²) >= 11 is 0. The molecule has 0 spiro atoms. The summed E-state index contributed by atoms with van der Waals surface area (Å²) in [6.45, 7) is 4.70. The fraction of sp³-hybridized carbons (Fsp3) is 0.350. The van der Waals surface area contributed by atoms with Crippen LogP contribution in [0, 0.1) is 0 Å². The van der Waals surface area contributed by atoms with Crippen molar-refractivity contribution in [3.05, 3.63) is 54.1 Å². The Morgan fingerprint density at radius 1 is 1.38 bits per heavy atom. The highest BCUT2D eigenvalue weighted by atomic mass is 16.5. The fourth-order valence-corrected chi connectivity index (χ4v) is 2.66. The number of nitrogen functional groups attached to an aromatic ring is 1. The van der Waals surface area contributed by atoms with Crippen molar-refractivity contribution >= 4 is 17.7 Å². The lowest BCUT2D eigenvalue weighted by Gasteiger charge is -2.12. The van der Waals surface area contributed by atoms with E-state index in [1.807, 2.05) is 6.07 Å². The highest BCUT2D eigenvalue weighted by molar-refractivity contribution is 5.91. The predicted octanol–water partition coefficient (Wildman–Crippen LogP) is 3.85. The van der Waals surface area contributed by atoms with Gasteiger partial charge in [0.2, 0.25) is 5.91 Å². The van der Waals surface area contributed by atoms with Crippen LogP contribution in [0.1, 0.15) is 37.7 Å². The monoisotopic (exact) mass is 326 g/mol. The van der Waals surface area contributed by atoms with E-state index in [1.165, 1.54) is 37.3 Å². The van der Waals surface area contributed by atoms with E-state index >= 15 is 0 Å². The number of amides is 1. The van der Waals surface area contributed by atoms with Crippen LogP contribution in [-0.2, 0) is 4.79 Å². The first-order chi connectivity index (χ1) is 11.7. The molecule has 4 heteroatoms. The molecule has 1 aliphatic carbocycles. The number of allylic oxidation sites excluding steroid dienone is 1. The van der Waals surface area contributed by atoms with Gasteiger partial charge in [0.1, 0.15) is 12.4 Å². The van der Waals surface area contributed by atoms with E-state index in [0.717, 1.165) is 12.0 Å². The van der Waals surface area contributed by atoms with Gasteiger partial charge in [0, 0.05) is 12.6 Å². The lowest BCUT2D eigenvalue weighted by Crippen LogP contribution is -2.22. The van der Waals surface area contributed by atoms with Crippen LogP contribution in [0.5, 0.6) is 5.75 Å². The molecule has 0 radical (unpaired) electrons. The number of benzene rings is 1. The third-order valence-electron chi connectivity index (χ3n) is 3.95. The van der Waals surface area contributed by atoms with Crippen molar-refractivity contribution in [1.82, 2.24) is 5.32 Å². The molecular weight excluding hydrogens is 300 g/mol. The van der Waals surface area contributed by atoms with E-state index in [-0.39, 0.29) is 5.91 Å². The van der Waals surface area contributed by atoms with Gasteiger partial charge in [0.05, 0.1) is 5.69 Å². The molecule has 4 nitrogen and oxygen atoms in total. The van der Waals surface area contributed by atoms with E-state index in [2.05, 4.69) is 18.0 Å². The highest BCUT2D eigenvalue weighted by Gasteiger charge is 2.04. The van der Waals surface area contributed by atoms with E-state index < -0.39 is 0 Å². The normalized spacial score (nSPS) is 14.2. The molecule has 24 heavy (non-hydrogen) atoms. The summed E-state index contributed by atoms with van der Waals surface area (Å²) in [5.74, 6) is 0.536. The van der Waals surface area contributed by atoms with Gasteiger partial charge in [-0.25, -0.2) is 0 Å². The summed E-state index contributed by atoms with van der Waals surface area (Å²) in [7, 11) is 0. The van der Waals surface area contributed by atoms with Crippen molar-refractivity contribution in [3.63, 3.8) is 0 Å². The minimum absolute atomic E-state index is 0.0861. The Balaban J connectivity index is 1.79. The quantitative estimate of drug-likeness (QED) is 0.433. The number of nitrogens with two attached hydrogens (primary N) is 1. The molecule has 0 heterocycles. The van der Waals surface area contributed by atoms with Crippen molar-refractivity contribution < 1.29 is 9.53 Å². The maximum Gasteiger partial charge on any atom is 0.244 e. The molecule has 2 rings (SSSR count). The smallest absolute Gasteiger partial charge is 0.244 e. The molecule has 1 aliphatic rings. The Hall–Kier alpha value is -2.49. The van der Waals surface area contributed by atoms with Gasteiger partial charge in [0.15, 0.2) is 0 Å². The molecule has 0 fully saturated rings. The number of ether oxygens (including phenoxy) is 1. The maximum absolute atomic E-state index is 11.9. The first kappa shape index (κ1) is 17.9. The first-order valence-corrected chi connectivity index (χ1v) is 8.46. The SMILES string of the molecule is C=CCOc1ccc(/C=C\C(=O)NCCC2=CCCCC2)cc1N. The van der Waals surface area contributed by atoms with E-state index in [0.29, 0.717) is 24.6 Å². The van der Waals surface area contributed by atoms with Crippen LogP contribution in [0.15, 0.2) is 48.6 Å². The van der Waals surface area contributed by atoms with E-state index in [1.54, 1.807) is 24.3 Å². The second kappa shape index (κ2) is 9.60. The van der Waals surface area contributed by atoms with Crippen molar-refractivity contribution in [2.75, 3.05) is 18.9 Å². The van der Waals surface area contributed by atoms with Gasteiger partial charge in [-0.05, 0) is 55.9 Å². The van der Waals surface area contributed by atoms with Gasteiger partial charge in [-0.1, -0.05) is 30.4 Å². The van der Waals surface area contributed by atoms with Crippen molar-refractivity contribution in [2.24, 2.45) is 0 Å². The Bertz CT molecular complexity index is 633. The molecule has 0 aromatic heterocycles. The Morgan fingerprint density at radius 3 is 2.96 bits per heavy atom. The van der Waals surface area contributed by atoms with Crippen LogP contribution in [0.4, 0.5) is 5.69 Å². The van der Waals surface area contributed by atoms with Crippen LogP contribution in [-0.4, -0.2) is 19.1 Å². The lowest BCUT2D eigenvalue weighted by molar-refractivity contribution is -0.116. The molecular formula is C20H26N2O2. The fourth-order valence-electron chi connectivity index (χ4n) is 2.66. The van der Waals surface area contributed by atoms with Gasteiger partial charge in [-0.15, -0.1) is 0 Å². The van der Waals surface area contributed by atoms with Crippen LogP contribution in [0.2, 0.25) is 0 Å². The van der Waals surface area contributed by atoms with Crippen LogP contribution in [0.25, 0.3) is 6.08 Å². The van der Waals surface area contributed by atoms with Crippen molar-refractivity contribution in [3.8, 4) is 5.75 Å². The van der Waals surface area contributed by atoms with Gasteiger partial charge < -0.3 is 15.8 Å². The van der Waals surface area contributed by atoms with Crippen molar-refractivity contribution in [1.29, 1.82) is 0 Å². The summed E-state index contributed by atoms with van der Waals surface area (Å²) in [4.78, 5) is 11.9. The molecule has 1 amide bonds. The average Bonchev–Trinajstić information content (AvgIpc) is 2.60. The zero-order valence-electron chi connectivity index (χ0n) is 14.1. The number of anilines is 1. The summed E-state index contributed by atoms with van der Waals surface area (Å²) in [6, 6.07) is 5.45. The second-order valence-electron chi connectivity index (χ2n) is 5.88. The summed E-state index contributed by atoms with van der Waals surface area (Å²) in [5, 5.41) is 2.92. The number of hydrogen-bond donors (Lipinski definition) is 2. The van der Waals surface area contributed by atoms with E-state index in [9.17, 15) is 4.79 Å². The molecule has 0 saturated carbocycles. The minimum atomic E-state index is -0.0861. The first-order valence-electron chi connectivity index (χ1n) is 8.46. The second-order valence-corrected chi connectivity index (χ2v) is 5.88. The number of rotatable bonds is 8.